The third-order valence-electron chi connectivity index (χ3n) is 5.82. The van der Waals surface area contributed by atoms with E-state index in [-0.39, 0.29) is 42.1 Å². The average Bonchev–Trinajstić information content (AvgIpc) is 2.87. The molecule has 3 rings (SSSR count). The Morgan fingerprint density at radius 2 is 1.89 bits per heavy atom. The summed E-state index contributed by atoms with van der Waals surface area (Å²) in [5, 5.41) is 10.8. The van der Waals surface area contributed by atoms with Crippen molar-refractivity contribution >= 4 is 39.5 Å². The van der Waals surface area contributed by atoms with Crippen LogP contribution in [0.1, 0.15) is 41.3 Å². The predicted octanol–water partition coefficient (Wildman–Crippen LogP) is 1.61. The number of esters is 1. The number of rotatable bonds is 12. The number of amides is 1. The Kier molecular flexibility index (Phi) is 9.85. The monoisotopic (exact) mass is 543 g/mol. The number of hydrogen-bond donors (Lipinski definition) is 4. The van der Waals surface area contributed by atoms with Gasteiger partial charge in [0.25, 0.3) is 5.91 Å². The Morgan fingerprint density at radius 3 is 2.55 bits per heavy atom. The van der Waals surface area contributed by atoms with Gasteiger partial charge in [-0.3, -0.25) is 19.3 Å². The van der Waals surface area contributed by atoms with Gasteiger partial charge in [-0.25, -0.2) is 8.42 Å². The van der Waals surface area contributed by atoms with Crippen LogP contribution in [-0.2, 0) is 19.6 Å². The van der Waals surface area contributed by atoms with Crippen LogP contribution in [0, 0.1) is 5.41 Å². The maximum absolute atomic E-state index is 13.3. The number of carbonyl (C=O) groups excluding carboxylic acids is 2. The Morgan fingerprint density at radius 1 is 1.16 bits per heavy atom. The van der Waals surface area contributed by atoms with Crippen molar-refractivity contribution in [3.63, 3.8) is 0 Å². The molecule has 1 aliphatic rings. The van der Waals surface area contributed by atoms with Gasteiger partial charge in [0.1, 0.15) is 17.7 Å². The zero-order chi connectivity index (χ0) is 27.7. The summed E-state index contributed by atoms with van der Waals surface area (Å²) < 4.78 is 38.4. The van der Waals surface area contributed by atoms with Gasteiger partial charge >= 0.3 is 5.97 Å². The lowest BCUT2D eigenvalue weighted by Crippen LogP contribution is -2.37. The SMILES string of the molecule is CCOC(=O)CS(=O)(=O)N(C/C=C/c1cccc(C(=N)N)c1)c1ccc(OC2CCNCC2)c(C(N)=O)c1. The van der Waals surface area contributed by atoms with Gasteiger partial charge < -0.3 is 26.3 Å². The van der Waals surface area contributed by atoms with Gasteiger partial charge in [0, 0.05) is 5.56 Å². The Hall–Kier alpha value is -3.90. The molecule has 0 unspecified atom stereocenters. The van der Waals surface area contributed by atoms with E-state index in [1.54, 1.807) is 43.3 Å². The van der Waals surface area contributed by atoms with Crippen LogP contribution < -0.4 is 25.8 Å². The van der Waals surface area contributed by atoms with E-state index < -0.39 is 27.7 Å². The van der Waals surface area contributed by atoms with Crippen molar-refractivity contribution in [2.75, 3.05) is 36.3 Å². The number of nitrogen functional groups attached to an aromatic ring is 1. The highest BCUT2D eigenvalue weighted by Crippen LogP contribution is 2.29. The van der Waals surface area contributed by atoms with Gasteiger partial charge in [0.2, 0.25) is 10.0 Å². The molecule has 2 aromatic carbocycles. The number of primary amides is 1. The second kappa shape index (κ2) is 13.1. The smallest absolute Gasteiger partial charge is 0.323 e. The molecule has 0 aromatic heterocycles. The summed E-state index contributed by atoms with van der Waals surface area (Å²) in [5.74, 6) is -2.36. The second-order valence-corrected chi connectivity index (χ2v) is 10.5. The first-order valence-electron chi connectivity index (χ1n) is 12.2. The second-order valence-electron chi connectivity index (χ2n) is 8.65. The van der Waals surface area contributed by atoms with E-state index in [1.807, 2.05) is 0 Å². The fourth-order valence-corrected chi connectivity index (χ4v) is 5.25. The summed E-state index contributed by atoms with van der Waals surface area (Å²) >= 11 is 0. The Bertz CT molecular complexity index is 1300. The first kappa shape index (κ1) is 28.7. The van der Waals surface area contributed by atoms with E-state index in [9.17, 15) is 18.0 Å². The van der Waals surface area contributed by atoms with Crippen LogP contribution in [0.4, 0.5) is 5.69 Å². The van der Waals surface area contributed by atoms with Crippen molar-refractivity contribution in [1.29, 1.82) is 5.41 Å². The largest absolute Gasteiger partial charge is 0.489 e. The van der Waals surface area contributed by atoms with Crippen molar-refractivity contribution in [3.05, 3.63) is 65.2 Å². The van der Waals surface area contributed by atoms with Crippen LogP contribution in [0.2, 0.25) is 0 Å². The summed E-state index contributed by atoms with van der Waals surface area (Å²) in [6.45, 7) is 3.04. The highest BCUT2D eigenvalue weighted by molar-refractivity contribution is 7.93. The van der Waals surface area contributed by atoms with Crippen LogP contribution in [-0.4, -0.2) is 64.2 Å². The van der Waals surface area contributed by atoms with Gasteiger partial charge in [0.05, 0.1) is 24.4 Å². The fourth-order valence-electron chi connectivity index (χ4n) is 3.96. The number of nitrogens with one attached hydrogen (secondary N) is 2. The number of ether oxygens (including phenoxy) is 2. The molecule has 1 heterocycles. The molecule has 204 valence electrons. The van der Waals surface area contributed by atoms with E-state index in [4.69, 9.17) is 26.4 Å². The minimum atomic E-state index is -4.20. The molecule has 1 aliphatic heterocycles. The fraction of sp³-hybridized carbons (Fsp3) is 0.346. The number of anilines is 1. The normalized spacial score (nSPS) is 14.2. The average molecular weight is 544 g/mol. The number of hydrogen-bond acceptors (Lipinski definition) is 8. The molecule has 38 heavy (non-hydrogen) atoms. The number of sulfonamides is 1. The highest BCUT2D eigenvalue weighted by atomic mass is 32.2. The van der Waals surface area contributed by atoms with Gasteiger partial charge in [-0.2, -0.15) is 0 Å². The van der Waals surface area contributed by atoms with E-state index >= 15 is 0 Å². The lowest BCUT2D eigenvalue weighted by atomic mass is 10.1. The van der Waals surface area contributed by atoms with E-state index in [1.165, 1.54) is 18.2 Å². The molecule has 2 aromatic rings. The topological polar surface area (TPSA) is 178 Å². The summed E-state index contributed by atoms with van der Waals surface area (Å²) in [5.41, 5.74) is 12.6. The third kappa shape index (κ3) is 7.80. The molecule has 1 fully saturated rings. The van der Waals surface area contributed by atoms with Crippen molar-refractivity contribution in [2.24, 2.45) is 11.5 Å². The quantitative estimate of drug-likeness (QED) is 0.177. The molecular formula is C26H33N5O6S. The molecule has 0 spiro atoms. The molecule has 0 aliphatic carbocycles. The Labute approximate surface area is 222 Å². The number of carbonyl (C=O) groups is 2. The first-order valence-corrected chi connectivity index (χ1v) is 13.8. The van der Waals surface area contributed by atoms with Crippen LogP contribution in [0.25, 0.3) is 6.08 Å². The van der Waals surface area contributed by atoms with Gasteiger partial charge in [-0.15, -0.1) is 0 Å². The molecular weight excluding hydrogens is 510 g/mol. The molecule has 12 heteroatoms. The summed E-state index contributed by atoms with van der Waals surface area (Å²) in [6, 6.07) is 11.3. The van der Waals surface area contributed by atoms with Gasteiger partial charge in [-0.05, 0) is 62.7 Å². The van der Waals surface area contributed by atoms with Crippen molar-refractivity contribution in [1.82, 2.24) is 5.32 Å². The molecule has 0 radical (unpaired) electrons. The summed E-state index contributed by atoms with van der Waals surface area (Å²) in [4.78, 5) is 24.3. The lowest BCUT2D eigenvalue weighted by Gasteiger charge is -2.26. The Balaban J connectivity index is 1.94. The minimum absolute atomic E-state index is 0.0370. The van der Waals surface area contributed by atoms with E-state index in [0.29, 0.717) is 11.1 Å². The van der Waals surface area contributed by atoms with Crippen LogP contribution in [0.5, 0.6) is 5.75 Å². The number of piperidine rings is 1. The maximum atomic E-state index is 13.3. The number of amidine groups is 1. The molecule has 1 saturated heterocycles. The van der Waals surface area contributed by atoms with Crippen LogP contribution in [0.3, 0.4) is 0 Å². The van der Waals surface area contributed by atoms with Crippen molar-refractivity contribution in [3.8, 4) is 5.75 Å². The van der Waals surface area contributed by atoms with Crippen LogP contribution in [0.15, 0.2) is 48.5 Å². The molecule has 0 saturated carbocycles. The molecule has 6 N–H and O–H groups in total. The first-order chi connectivity index (χ1) is 18.1. The van der Waals surface area contributed by atoms with Crippen LogP contribution >= 0.6 is 0 Å². The molecule has 0 bridgehead atoms. The molecule has 1 amide bonds. The minimum Gasteiger partial charge on any atom is -0.489 e. The lowest BCUT2D eigenvalue weighted by molar-refractivity contribution is -0.139. The number of nitrogens with zero attached hydrogens (tertiary/aromatic N) is 1. The van der Waals surface area contributed by atoms with Crippen molar-refractivity contribution < 1.29 is 27.5 Å². The zero-order valence-electron chi connectivity index (χ0n) is 21.2. The standard InChI is InChI=1S/C26H33N5O6S/c1-2-36-24(32)17-38(34,35)31(14-4-6-18-5-3-7-19(15-18)25(27)28)20-8-9-23(22(16-20)26(29)33)37-21-10-12-30-13-11-21/h3-9,15-16,21,30H,2,10-14,17H2,1H3,(H3,27,28)(H2,29,33)/b6-4+. The maximum Gasteiger partial charge on any atom is 0.323 e. The van der Waals surface area contributed by atoms with Crippen molar-refractivity contribution in [2.45, 2.75) is 25.9 Å². The zero-order valence-corrected chi connectivity index (χ0v) is 22.0. The molecule has 0 atom stereocenters. The molecule has 11 nitrogen and oxygen atoms in total. The number of benzene rings is 2. The summed E-state index contributed by atoms with van der Waals surface area (Å²) in [7, 11) is -4.20. The van der Waals surface area contributed by atoms with Gasteiger partial charge in [-0.1, -0.05) is 30.4 Å². The third-order valence-corrected chi connectivity index (χ3v) is 7.45. The number of nitrogens with two attached hydrogens (primary N) is 2. The predicted molar refractivity (Wildman–Crippen MR) is 146 cm³/mol. The summed E-state index contributed by atoms with van der Waals surface area (Å²) in [6.07, 6.45) is 4.68. The highest BCUT2D eigenvalue weighted by Gasteiger charge is 2.27. The van der Waals surface area contributed by atoms with E-state index in [2.05, 4.69) is 5.32 Å². The van der Waals surface area contributed by atoms with Gasteiger partial charge in [0.15, 0.2) is 5.75 Å². The van der Waals surface area contributed by atoms with E-state index in [0.717, 1.165) is 30.2 Å².